The summed E-state index contributed by atoms with van der Waals surface area (Å²) in [6, 6.07) is 14.4. The average Bonchev–Trinajstić information content (AvgIpc) is 2.53. The monoisotopic (exact) mass is 319 g/mol. The molecule has 0 saturated heterocycles. The number of hydrogen-bond acceptors (Lipinski definition) is 3. The van der Waals surface area contributed by atoms with Gasteiger partial charge in [0.1, 0.15) is 11.5 Å². The van der Waals surface area contributed by atoms with Crippen molar-refractivity contribution in [3.63, 3.8) is 0 Å². The summed E-state index contributed by atoms with van der Waals surface area (Å²) in [6.45, 7) is 1.86. The molecule has 0 saturated carbocycles. The van der Waals surface area contributed by atoms with Crippen molar-refractivity contribution in [3.05, 3.63) is 59.1 Å². The number of carbonyl (C=O) groups is 1. The van der Waals surface area contributed by atoms with Gasteiger partial charge in [-0.1, -0.05) is 29.8 Å². The van der Waals surface area contributed by atoms with Gasteiger partial charge in [0.15, 0.2) is 6.61 Å². The van der Waals surface area contributed by atoms with Crippen molar-refractivity contribution in [1.29, 1.82) is 0 Å². The summed E-state index contributed by atoms with van der Waals surface area (Å²) in [4.78, 5) is 11.9. The third-order valence-corrected chi connectivity index (χ3v) is 3.41. The maximum atomic E-state index is 11.9. The molecule has 0 aliphatic rings. The van der Waals surface area contributed by atoms with E-state index in [0.29, 0.717) is 16.5 Å². The second-order valence-corrected chi connectivity index (χ2v) is 5.24. The molecule has 1 N–H and O–H groups in total. The van der Waals surface area contributed by atoms with Gasteiger partial charge in [0, 0.05) is 11.1 Å². The normalized spacial score (nSPS) is 11.6. The van der Waals surface area contributed by atoms with E-state index < -0.39 is 0 Å². The first kappa shape index (κ1) is 16.2. The van der Waals surface area contributed by atoms with Gasteiger partial charge in [0.25, 0.3) is 5.91 Å². The van der Waals surface area contributed by atoms with E-state index in [1.165, 1.54) is 0 Å². The fraction of sp³-hybridized carbons (Fsp3) is 0.235. The minimum absolute atomic E-state index is 0.0505. The molecule has 1 unspecified atom stereocenters. The molecular weight excluding hydrogens is 302 g/mol. The molecule has 0 aliphatic carbocycles. The Balaban J connectivity index is 1.85. The van der Waals surface area contributed by atoms with Gasteiger partial charge in [-0.2, -0.15) is 0 Å². The molecule has 2 aromatic rings. The number of amides is 1. The molecule has 5 heteroatoms. The Kier molecular flexibility index (Phi) is 5.67. The largest absolute Gasteiger partial charge is 0.497 e. The highest BCUT2D eigenvalue weighted by Crippen LogP contribution is 2.19. The molecule has 0 aromatic heterocycles. The van der Waals surface area contributed by atoms with E-state index in [-0.39, 0.29) is 18.6 Å². The van der Waals surface area contributed by atoms with Gasteiger partial charge in [-0.05, 0) is 36.8 Å². The second kappa shape index (κ2) is 7.71. The van der Waals surface area contributed by atoms with E-state index in [2.05, 4.69) is 5.32 Å². The van der Waals surface area contributed by atoms with Gasteiger partial charge in [-0.3, -0.25) is 4.79 Å². The number of halogens is 1. The van der Waals surface area contributed by atoms with Crippen LogP contribution in [-0.4, -0.2) is 19.6 Å². The zero-order valence-corrected chi connectivity index (χ0v) is 13.3. The first-order valence-corrected chi connectivity index (χ1v) is 7.28. The highest BCUT2D eigenvalue weighted by molar-refractivity contribution is 6.30. The lowest BCUT2D eigenvalue weighted by molar-refractivity contribution is -0.123. The van der Waals surface area contributed by atoms with E-state index in [9.17, 15) is 4.79 Å². The molecule has 2 rings (SSSR count). The first-order chi connectivity index (χ1) is 10.6. The molecule has 116 valence electrons. The van der Waals surface area contributed by atoms with Crippen LogP contribution in [0.4, 0.5) is 0 Å². The number of nitrogens with one attached hydrogen (secondary N) is 1. The summed E-state index contributed by atoms with van der Waals surface area (Å²) >= 11 is 5.85. The van der Waals surface area contributed by atoms with Crippen LogP contribution < -0.4 is 14.8 Å². The van der Waals surface area contributed by atoms with Crippen molar-refractivity contribution < 1.29 is 14.3 Å². The van der Waals surface area contributed by atoms with Crippen LogP contribution in [0.1, 0.15) is 18.5 Å². The Morgan fingerprint density at radius 3 is 2.55 bits per heavy atom. The van der Waals surface area contributed by atoms with Crippen LogP contribution in [0, 0.1) is 0 Å². The van der Waals surface area contributed by atoms with Gasteiger partial charge in [-0.25, -0.2) is 0 Å². The summed E-state index contributed by atoms with van der Waals surface area (Å²) in [5, 5.41) is 3.55. The number of rotatable bonds is 6. The van der Waals surface area contributed by atoms with Crippen LogP contribution >= 0.6 is 11.6 Å². The fourth-order valence-electron chi connectivity index (χ4n) is 1.96. The summed E-state index contributed by atoms with van der Waals surface area (Å²) in [7, 11) is 1.58. The van der Waals surface area contributed by atoms with Gasteiger partial charge in [0.2, 0.25) is 0 Å². The van der Waals surface area contributed by atoms with Crippen LogP contribution in [0.25, 0.3) is 0 Å². The molecule has 1 atom stereocenters. The molecule has 0 radical (unpaired) electrons. The van der Waals surface area contributed by atoms with Crippen LogP contribution in [0.3, 0.4) is 0 Å². The first-order valence-electron chi connectivity index (χ1n) is 6.90. The van der Waals surface area contributed by atoms with Crippen molar-refractivity contribution in [2.24, 2.45) is 0 Å². The number of carbonyl (C=O) groups excluding carboxylic acids is 1. The summed E-state index contributed by atoms with van der Waals surface area (Å²) < 4.78 is 10.6. The van der Waals surface area contributed by atoms with E-state index >= 15 is 0 Å². The Bertz CT molecular complexity index is 628. The minimum atomic E-state index is -0.190. The Hall–Kier alpha value is -2.20. The third kappa shape index (κ3) is 4.67. The molecule has 0 fully saturated rings. The maximum Gasteiger partial charge on any atom is 0.258 e. The lowest BCUT2D eigenvalue weighted by Crippen LogP contribution is -2.31. The van der Waals surface area contributed by atoms with Crippen molar-refractivity contribution in [2.75, 3.05) is 13.7 Å². The predicted octanol–water partition coefficient (Wildman–Crippen LogP) is 3.60. The fourth-order valence-corrected chi connectivity index (χ4v) is 2.08. The average molecular weight is 320 g/mol. The van der Waals surface area contributed by atoms with Gasteiger partial charge in [0.05, 0.1) is 13.2 Å². The van der Waals surface area contributed by atoms with Crippen molar-refractivity contribution in [3.8, 4) is 11.5 Å². The standard InChI is InChI=1S/C17H18ClNO3/c1-12(13-6-8-14(18)9-7-13)19-17(20)11-22-16-5-3-4-15(10-16)21-2/h3-10,12H,11H2,1-2H3,(H,19,20). The number of hydrogen-bond donors (Lipinski definition) is 1. The van der Waals surface area contributed by atoms with Gasteiger partial charge < -0.3 is 14.8 Å². The van der Waals surface area contributed by atoms with Gasteiger partial charge >= 0.3 is 0 Å². The highest BCUT2D eigenvalue weighted by Gasteiger charge is 2.10. The van der Waals surface area contributed by atoms with Crippen LogP contribution in [-0.2, 0) is 4.79 Å². The Labute approximate surface area is 135 Å². The second-order valence-electron chi connectivity index (χ2n) is 4.81. The number of benzene rings is 2. The molecular formula is C17H18ClNO3. The number of methoxy groups -OCH3 is 1. The molecule has 0 aliphatic heterocycles. The molecule has 2 aromatic carbocycles. The van der Waals surface area contributed by atoms with Crippen molar-refractivity contribution in [2.45, 2.75) is 13.0 Å². The zero-order chi connectivity index (χ0) is 15.9. The van der Waals surface area contributed by atoms with E-state index in [1.54, 1.807) is 31.4 Å². The van der Waals surface area contributed by atoms with Crippen LogP contribution in [0.2, 0.25) is 5.02 Å². The van der Waals surface area contributed by atoms with Crippen LogP contribution in [0.15, 0.2) is 48.5 Å². The highest BCUT2D eigenvalue weighted by atomic mass is 35.5. The number of ether oxygens (including phenoxy) is 2. The van der Waals surface area contributed by atoms with Crippen molar-refractivity contribution in [1.82, 2.24) is 5.32 Å². The van der Waals surface area contributed by atoms with E-state index in [4.69, 9.17) is 21.1 Å². The SMILES string of the molecule is COc1cccc(OCC(=O)NC(C)c2ccc(Cl)cc2)c1. The van der Waals surface area contributed by atoms with Crippen molar-refractivity contribution >= 4 is 17.5 Å². The van der Waals surface area contributed by atoms with Crippen LogP contribution in [0.5, 0.6) is 11.5 Å². The quantitative estimate of drug-likeness (QED) is 0.885. The Morgan fingerprint density at radius 2 is 1.86 bits per heavy atom. The third-order valence-electron chi connectivity index (χ3n) is 3.16. The smallest absolute Gasteiger partial charge is 0.258 e. The minimum Gasteiger partial charge on any atom is -0.497 e. The lowest BCUT2D eigenvalue weighted by Gasteiger charge is -2.15. The Morgan fingerprint density at radius 1 is 1.18 bits per heavy atom. The zero-order valence-electron chi connectivity index (χ0n) is 12.5. The summed E-state index contributed by atoms with van der Waals surface area (Å²) in [6.07, 6.45) is 0. The molecule has 0 heterocycles. The summed E-state index contributed by atoms with van der Waals surface area (Å²) in [5.41, 5.74) is 0.985. The maximum absolute atomic E-state index is 11.9. The molecule has 1 amide bonds. The lowest BCUT2D eigenvalue weighted by atomic mass is 10.1. The van der Waals surface area contributed by atoms with Gasteiger partial charge in [-0.15, -0.1) is 0 Å². The summed E-state index contributed by atoms with van der Waals surface area (Å²) in [5.74, 6) is 1.09. The molecule has 4 nitrogen and oxygen atoms in total. The predicted molar refractivity (Wildman–Crippen MR) is 86.5 cm³/mol. The molecule has 22 heavy (non-hydrogen) atoms. The molecule has 0 spiro atoms. The van der Waals surface area contributed by atoms with E-state index in [0.717, 1.165) is 5.56 Å². The van der Waals surface area contributed by atoms with E-state index in [1.807, 2.05) is 31.2 Å². The topological polar surface area (TPSA) is 47.6 Å². The molecule has 0 bridgehead atoms.